The molecule has 0 aliphatic heterocycles. The second-order valence-electron chi connectivity index (χ2n) is 3.80. The summed E-state index contributed by atoms with van der Waals surface area (Å²) in [4.78, 5) is 15.5. The highest BCUT2D eigenvalue weighted by molar-refractivity contribution is 7.13. The fourth-order valence-electron chi connectivity index (χ4n) is 1.55. The lowest BCUT2D eigenvalue weighted by atomic mass is 10.2. The molecule has 0 fully saturated rings. The predicted molar refractivity (Wildman–Crippen MR) is 70.2 cm³/mol. The zero-order valence-electron chi connectivity index (χ0n) is 10.8. The molecule has 0 aliphatic carbocycles. The fourth-order valence-corrected chi connectivity index (χ4v) is 2.37. The number of alkyl halides is 3. The van der Waals surface area contributed by atoms with E-state index in [1.165, 1.54) is 23.6 Å². The number of nitrogens with zero attached hydrogens (tertiary/aromatic N) is 1. The van der Waals surface area contributed by atoms with Crippen LogP contribution in [0.3, 0.4) is 0 Å². The summed E-state index contributed by atoms with van der Waals surface area (Å²) < 4.78 is 45.8. The van der Waals surface area contributed by atoms with E-state index >= 15 is 0 Å². The summed E-state index contributed by atoms with van der Waals surface area (Å²) in [5.74, 6) is -0.982. The standard InChI is InChI=1S/C13H10F3NO3S/c1-2-19-12(18)9-7-21-11(17-9)8-5-3-4-6-10(8)20-13(14,15)16/h3-7H,2H2,1H3. The van der Waals surface area contributed by atoms with Crippen molar-refractivity contribution >= 4 is 17.3 Å². The molecule has 0 amide bonds. The molecular weight excluding hydrogens is 307 g/mol. The number of aromatic nitrogens is 1. The maximum atomic E-state index is 12.4. The van der Waals surface area contributed by atoms with E-state index in [0.717, 1.165) is 11.3 Å². The molecule has 0 aliphatic rings. The van der Waals surface area contributed by atoms with Gasteiger partial charge in [0.15, 0.2) is 5.69 Å². The molecule has 8 heteroatoms. The average Bonchev–Trinajstić information content (AvgIpc) is 2.87. The Kier molecular flexibility index (Phi) is 4.46. The molecule has 2 aromatic rings. The van der Waals surface area contributed by atoms with Crippen molar-refractivity contribution in [1.82, 2.24) is 4.98 Å². The topological polar surface area (TPSA) is 48.4 Å². The molecule has 112 valence electrons. The van der Waals surface area contributed by atoms with Gasteiger partial charge in [-0.1, -0.05) is 12.1 Å². The Morgan fingerprint density at radius 2 is 2.05 bits per heavy atom. The van der Waals surface area contributed by atoms with Gasteiger partial charge >= 0.3 is 12.3 Å². The lowest BCUT2D eigenvalue weighted by Crippen LogP contribution is -2.17. The van der Waals surface area contributed by atoms with E-state index in [4.69, 9.17) is 4.74 Å². The Bertz CT molecular complexity index is 640. The highest BCUT2D eigenvalue weighted by Crippen LogP contribution is 2.35. The molecule has 0 N–H and O–H groups in total. The summed E-state index contributed by atoms with van der Waals surface area (Å²) in [6.45, 7) is 1.84. The lowest BCUT2D eigenvalue weighted by Gasteiger charge is -2.11. The SMILES string of the molecule is CCOC(=O)c1csc(-c2ccccc2OC(F)(F)F)n1. The van der Waals surface area contributed by atoms with Gasteiger partial charge in [0.1, 0.15) is 10.8 Å². The number of hydrogen-bond acceptors (Lipinski definition) is 5. The zero-order valence-corrected chi connectivity index (χ0v) is 11.6. The Morgan fingerprint density at radius 1 is 1.33 bits per heavy atom. The Morgan fingerprint density at radius 3 is 2.71 bits per heavy atom. The minimum atomic E-state index is -4.79. The van der Waals surface area contributed by atoms with Gasteiger partial charge in [-0.05, 0) is 19.1 Å². The molecule has 2 rings (SSSR count). The molecule has 1 aromatic heterocycles. The molecule has 0 saturated carbocycles. The first kappa shape index (κ1) is 15.3. The molecular formula is C13H10F3NO3S. The first-order chi connectivity index (χ1) is 9.90. The van der Waals surface area contributed by atoms with Crippen molar-refractivity contribution in [2.45, 2.75) is 13.3 Å². The molecule has 0 atom stereocenters. The minimum Gasteiger partial charge on any atom is -0.461 e. The molecule has 0 saturated heterocycles. The van der Waals surface area contributed by atoms with Crippen LogP contribution in [0.1, 0.15) is 17.4 Å². The van der Waals surface area contributed by atoms with Crippen molar-refractivity contribution in [2.75, 3.05) is 6.61 Å². The molecule has 0 unspecified atom stereocenters. The van der Waals surface area contributed by atoms with Crippen LogP contribution in [-0.2, 0) is 4.74 Å². The fraction of sp³-hybridized carbons (Fsp3) is 0.231. The van der Waals surface area contributed by atoms with Crippen molar-refractivity contribution in [3.8, 4) is 16.3 Å². The van der Waals surface area contributed by atoms with E-state index < -0.39 is 12.3 Å². The molecule has 0 radical (unpaired) electrons. The Hall–Kier alpha value is -2.09. The number of esters is 1. The quantitative estimate of drug-likeness (QED) is 0.803. The largest absolute Gasteiger partial charge is 0.573 e. The summed E-state index contributed by atoms with van der Waals surface area (Å²) in [5.41, 5.74) is 0.217. The van der Waals surface area contributed by atoms with Gasteiger partial charge in [-0.2, -0.15) is 0 Å². The van der Waals surface area contributed by atoms with E-state index in [1.807, 2.05) is 0 Å². The lowest BCUT2D eigenvalue weighted by molar-refractivity contribution is -0.274. The Labute approximate surface area is 122 Å². The third-order valence-electron chi connectivity index (χ3n) is 2.33. The van der Waals surface area contributed by atoms with E-state index in [1.54, 1.807) is 13.0 Å². The van der Waals surface area contributed by atoms with Crippen LogP contribution >= 0.6 is 11.3 Å². The van der Waals surface area contributed by atoms with E-state index in [0.29, 0.717) is 0 Å². The van der Waals surface area contributed by atoms with E-state index in [9.17, 15) is 18.0 Å². The van der Waals surface area contributed by atoms with E-state index in [-0.39, 0.29) is 28.6 Å². The number of benzene rings is 1. The monoisotopic (exact) mass is 317 g/mol. The van der Waals surface area contributed by atoms with Gasteiger partial charge in [0.25, 0.3) is 0 Å². The number of para-hydroxylation sites is 1. The summed E-state index contributed by atoms with van der Waals surface area (Å²) in [6, 6.07) is 5.61. The van der Waals surface area contributed by atoms with Crippen LogP contribution in [-0.4, -0.2) is 23.9 Å². The summed E-state index contributed by atoms with van der Waals surface area (Å²) >= 11 is 1.04. The van der Waals surface area contributed by atoms with Crippen molar-refractivity contribution in [2.24, 2.45) is 0 Å². The number of thiazole rings is 1. The van der Waals surface area contributed by atoms with Crippen molar-refractivity contribution in [3.63, 3.8) is 0 Å². The second-order valence-corrected chi connectivity index (χ2v) is 4.66. The highest BCUT2D eigenvalue weighted by Gasteiger charge is 2.32. The van der Waals surface area contributed by atoms with Crippen molar-refractivity contribution in [1.29, 1.82) is 0 Å². The third-order valence-corrected chi connectivity index (χ3v) is 3.21. The molecule has 0 spiro atoms. The van der Waals surface area contributed by atoms with Gasteiger partial charge in [-0.25, -0.2) is 9.78 Å². The highest BCUT2D eigenvalue weighted by atomic mass is 32.1. The van der Waals surface area contributed by atoms with Crippen LogP contribution in [0.4, 0.5) is 13.2 Å². The first-order valence-corrected chi connectivity index (χ1v) is 6.76. The van der Waals surface area contributed by atoms with Crippen LogP contribution in [0.15, 0.2) is 29.6 Å². The zero-order chi connectivity index (χ0) is 15.5. The number of rotatable bonds is 4. The van der Waals surface area contributed by atoms with Gasteiger partial charge in [-0.15, -0.1) is 24.5 Å². The number of carbonyl (C=O) groups is 1. The van der Waals surface area contributed by atoms with Gasteiger partial charge in [0, 0.05) is 5.38 Å². The molecule has 1 heterocycles. The van der Waals surface area contributed by atoms with Crippen LogP contribution in [0.25, 0.3) is 10.6 Å². The molecule has 0 bridgehead atoms. The van der Waals surface area contributed by atoms with E-state index in [2.05, 4.69) is 9.72 Å². The third kappa shape index (κ3) is 3.94. The molecule has 21 heavy (non-hydrogen) atoms. The molecule has 1 aromatic carbocycles. The maximum absolute atomic E-state index is 12.4. The number of hydrogen-bond donors (Lipinski definition) is 0. The predicted octanol–water partition coefficient (Wildman–Crippen LogP) is 3.89. The first-order valence-electron chi connectivity index (χ1n) is 5.88. The number of ether oxygens (including phenoxy) is 2. The van der Waals surface area contributed by atoms with Gasteiger partial charge in [0.2, 0.25) is 0 Å². The number of carbonyl (C=O) groups excluding carboxylic acids is 1. The van der Waals surface area contributed by atoms with Gasteiger partial charge in [-0.3, -0.25) is 0 Å². The van der Waals surface area contributed by atoms with Crippen LogP contribution in [0.2, 0.25) is 0 Å². The smallest absolute Gasteiger partial charge is 0.461 e. The van der Waals surface area contributed by atoms with Gasteiger partial charge in [0.05, 0.1) is 12.2 Å². The summed E-state index contributed by atoms with van der Waals surface area (Å²) in [5, 5.41) is 1.68. The molecule has 4 nitrogen and oxygen atoms in total. The average molecular weight is 317 g/mol. The summed E-state index contributed by atoms with van der Waals surface area (Å²) in [7, 11) is 0. The van der Waals surface area contributed by atoms with Crippen LogP contribution < -0.4 is 4.74 Å². The normalized spacial score (nSPS) is 11.2. The second kappa shape index (κ2) is 6.13. The summed E-state index contributed by atoms with van der Waals surface area (Å²) in [6.07, 6.45) is -4.79. The van der Waals surface area contributed by atoms with Gasteiger partial charge < -0.3 is 9.47 Å². The maximum Gasteiger partial charge on any atom is 0.573 e. The minimum absolute atomic E-state index is 0.0543. The van der Waals surface area contributed by atoms with Crippen LogP contribution in [0, 0.1) is 0 Å². The van der Waals surface area contributed by atoms with Crippen molar-refractivity contribution in [3.05, 3.63) is 35.3 Å². The van der Waals surface area contributed by atoms with Crippen LogP contribution in [0.5, 0.6) is 5.75 Å². The van der Waals surface area contributed by atoms with Crippen molar-refractivity contribution < 1.29 is 27.4 Å². The Balaban J connectivity index is 2.32. The number of halogens is 3.